The Balaban J connectivity index is 3.85. The Hall–Kier alpha value is -0.920. The molecule has 0 aliphatic heterocycles. The van der Waals surface area contributed by atoms with Gasteiger partial charge in [0.05, 0.1) is 0 Å². The first-order valence-electron chi connectivity index (χ1n) is 3.67. The van der Waals surface area contributed by atoms with Crippen molar-refractivity contribution in [3.05, 3.63) is 12.7 Å². The van der Waals surface area contributed by atoms with Crippen LogP contribution < -0.4 is 0 Å². The minimum atomic E-state index is 0.0324. The molecular formula is C9H14O2. The average molecular weight is 154 g/mol. The van der Waals surface area contributed by atoms with Crippen LogP contribution in [0.4, 0.5) is 0 Å². The van der Waals surface area contributed by atoms with Crippen LogP contribution in [0.3, 0.4) is 0 Å². The average Bonchev–Trinajstić information content (AvgIpc) is 1.84. The van der Waals surface area contributed by atoms with Crippen LogP contribution in [0.25, 0.3) is 0 Å². The summed E-state index contributed by atoms with van der Waals surface area (Å²) < 4.78 is 0. The summed E-state index contributed by atoms with van der Waals surface area (Å²) in [5, 5.41) is 0. The van der Waals surface area contributed by atoms with Gasteiger partial charge in [0.1, 0.15) is 11.6 Å². The highest BCUT2D eigenvalue weighted by molar-refractivity contribution is 5.79. The number of rotatable bonds is 5. The minimum Gasteiger partial charge on any atom is -0.300 e. The molecule has 0 aromatic heterocycles. The molecule has 0 fully saturated rings. The van der Waals surface area contributed by atoms with Crippen LogP contribution >= 0.6 is 0 Å². The standard InChI is InChI=1S/C9H14O2/c1-4-9(5-7(2)10)6-8(3)11/h4,9H,1,5-6H2,2-3H3. The van der Waals surface area contributed by atoms with Gasteiger partial charge in [-0.1, -0.05) is 6.08 Å². The number of ketones is 2. The van der Waals surface area contributed by atoms with Crippen molar-refractivity contribution in [3.63, 3.8) is 0 Å². The van der Waals surface area contributed by atoms with E-state index in [1.165, 1.54) is 13.8 Å². The van der Waals surface area contributed by atoms with Gasteiger partial charge in [-0.3, -0.25) is 0 Å². The monoisotopic (exact) mass is 154 g/mol. The number of Topliss-reactive ketones (excluding diaryl/α,β-unsaturated/α-hetero) is 2. The van der Waals surface area contributed by atoms with Crippen molar-refractivity contribution in [3.8, 4) is 0 Å². The van der Waals surface area contributed by atoms with E-state index in [-0.39, 0.29) is 17.5 Å². The Morgan fingerprint density at radius 2 is 1.64 bits per heavy atom. The van der Waals surface area contributed by atoms with Crippen molar-refractivity contribution in [2.45, 2.75) is 26.7 Å². The van der Waals surface area contributed by atoms with Crippen LogP contribution in [0.15, 0.2) is 12.7 Å². The number of allylic oxidation sites excluding steroid dienone is 1. The first-order chi connectivity index (χ1) is 5.06. The quantitative estimate of drug-likeness (QED) is 0.565. The van der Waals surface area contributed by atoms with E-state index in [2.05, 4.69) is 6.58 Å². The van der Waals surface area contributed by atoms with Crippen molar-refractivity contribution >= 4 is 11.6 Å². The summed E-state index contributed by atoms with van der Waals surface area (Å²) in [7, 11) is 0. The molecule has 0 heterocycles. The van der Waals surface area contributed by atoms with Gasteiger partial charge in [0, 0.05) is 12.8 Å². The predicted octanol–water partition coefficient (Wildman–Crippen LogP) is 1.75. The smallest absolute Gasteiger partial charge is 0.130 e. The third-order valence-electron chi connectivity index (χ3n) is 1.43. The summed E-state index contributed by atoms with van der Waals surface area (Å²) in [5.41, 5.74) is 0. The van der Waals surface area contributed by atoms with Gasteiger partial charge in [0.2, 0.25) is 0 Å². The number of hydrogen-bond donors (Lipinski definition) is 0. The van der Waals surface area contributed by atoms with Crippen molar-refractivity contribution in [2.75, 3.05) is 0 Å². The molecule has 11 heavy (non-hydrogen) atoms. The lowest BCUT2D eigenvalue weighted by molar-refractivity contribution is -0.119. The predicted molar refractivity (Wildman–Crippen MR) is 44.3 cm³/mol. The van der Waals surface area contributed by atoms with E-state index < -0.39 is 0 Å². The second-order valence-corrected chi connectivity index (χ2v) is 2.81. The molecule has 0 rings (SSSR count). The van der Waals surface area contributed by atoms with E-state index >= 15 is 0 Å². The Kier molecular flexibility index (Phi) is 4.42. The van der Waals surface area contributed by atoms with Crippen LogP contribution in [-0.4, -0.2) is 11.6 Å². The number of carbonyl (C=O) groups is 2. The molecule has 0 unspecified atom stereocenters. The van der Waals surface area contributed by atoms with E-state index in [0.29, 0.717) is 12.8 Å². The molecule has 0 atom stereocenters. The highest BCUT2D eigenvalue weighted by atomic mass is 16.1. The molecule has 2 heteroatoms. The molecule has 0 aliphatic carbocycles. The maximum atomic E-state index is 10.6. The zero-order valence-electron chi connectivity index (χ0n) is 7.09. The molecule has 62 valence electrons. The van der Waals surface area contributed by atoms with Gasteiger partial charge in [-0.05, 0) is 19.8 Å². The molecule has 0 N–H and O–H groups in total. The van der Waals surface area contributed by atoms with Gasteiger partial charge in [-0.2, -0.15) is 0 Å². The SMILES string of the molecule is C=CC(CC(C)=O)CC(C)=O. The van der Waals surface area contributed by atoms with Gasteiger partial charge in [0.15, 0.2) is 0 Å². The Bertz CT molecular complexity index is 154. The highest BCUT2D eigenvalue weighted by Gasteiger charge is 2.08. The lowest BCUT2D eigenvalue weighted by Gasteiger charge is -2.06. The molecule has 0 saturated carbocycles. The van der Waals surface area contributed by atoms with Gasteiger partial charge in [-0.25, -0.2) is 0 Å². The molecule has 0 spiro atoms. The zero-order valence-corrected chi connectivity index (χ0v) is 7.09. The van der Waals surface area contributed by atoms with Crippen LogP contribution in [0.5, 0.6) is 0 Å². The third kappa shape index (κ3) is 5.52. The Morgan fingerprint density at radius 1 is 1.27 bits per heavy atom. The van der Waals surface area contributed by atoms with E-state index in [1.807, 2.05) is 0 Å². The fourth-order valence-electron chi connectivity index (χ4n) is 0.977. The molecule has 0 aliphatic rings. The molecular weight excluding hydrogens is 140 g/mol. The van der Waals surface area contributed by atoms with Crippen molar-refractivity contribution in [1.82, 2.24) is 0 Å². The fraction of sp³-hybridized carbons (Fsp3) is 0.556. The molecule has 0 amide bonds. The van der Waals surface area contributed by atoms with E-state index in [1.54, 1.807) is 6.08 Å². The van der Waals surface area contributed by atoms with Crippen molar-refractivity contribution in [2.24, 2.45) is 5.92 Å². The largest absolute Gasteiger partial charge is 0.300 e. The van der Waals surface area contributed by atoms with Crippen LogP contribution in [0.2, 0.25) is 0 Å². The van der Waals surface area contributed by atoms with Gasteiger partial charge >= 0.3 is 0 Å². The fourth-order valence-corrected chi connectivity index (χ4v) is 0.977. The summed E-state index contributed by atoms with van der Waals surface area (Å²) >= 11 is 0. The molecule has 0 bridgehead atoms. The minimum absolute atomic E-state index is 0.0324. The lowest BCUT2D eigenvalue weighted by Crippen LogP contribution is -2.06. The van der Waals surface area contributed by atoms with Crippen molar-refractivity contribution < 1.29 is 9.59 Å². The molecule has 2 nitrogen and oxygen atoms in total. The zero-order chi connectivity index (χ0) is 8.85. The van der Waals surface area contributed by atoms with E-state index in [0.717, 1.165) is 0 Å². The van der Waals surface area contributed by atoms with Gasteiger partial charge in [0.25, 0.3) is 0 Å². The summed E-state index contributed by atoms with van der Waals surface area (Å²) in [6.45, 7) is 6.61. The summed E-state index contributed by atoms with van der Waals surface area (Å²) in [6, 6.07) is 0. The van der Waals surface area contributed by atoms with Crippen LogP contribution in [-0.2, 0) is 9.59 Å². The maximum absolute atomic E-state index is 10.6. The Morgan fingerprint density at radius 3 is 1.82 bits per heavy atom. The van der Waals surface area contributed by atoms with E-state index in [4.69, 9.17) is 0 Å². The topological polar surface area (TPSA) is 34.1 Å². The normalized spacial score (nSPS) is 9.73. The van der Waals surface area contributed by atoms with Crippen molar-refractivity contribution in [1.29, 1.82) is 0 Å². The van der Waals surface area contributed by atoms with Crippen LogP contribution in [0.1, 0.15) is 26.7 Å². The molecule has 0 aromatic rings. The molecule has 0 radical (unpaired) electrons. The van der Waals surface area contributed by atoms with Gasteiger partial charge < -0.3 is 9.59 Å². The molecule has 0 saturated heterocycles. The number of carbonyl (C=O) groups excluding carboxylic acids is 2. The number of hydrogen-bond acceptors (Lipinski definition) is 2. The summed E-state index contributed by atoms with van der Waals surface area (Å²) in [5.74, 6) is 0.248. The summed E-state index contributed by atoms with van der Waals surface area (Å²) in [6.07, 6.45) is 2.54. The third-order valence-corrected chi connectivity index (χ3v) is 1.43. The maximum Gasteiger partial charge on any atom is 0.130 e. The van der Waals surface area contributed by atoms with Gasteiger partial charge in [-0.15, -0.1) is 6.58 Å². The Labute approximate surface area is 67.3 Å². The second-order valence-electron chi connectivity index (χ2n) is 2.81. The summed E-state index contributed by atoms with van der Waals surface area (Å²) in [4.78, 5) is 21.3. The first-order valence-corrected chi connectivity index (χ1v) is 3.67. The lowest BCUT2D eigenvalue weighted by atomic mass is 9.98. The van der Waals surface area contributed by atoms with Crippen LogP contribution in [0, 0.1) is 5.92 Å². The second kappa shape index (κ2) is 4.83. The molecule has 0 aromatic carbocycles. The van der Waals surface area contributed by atoms with E-state index in [9.17, 15) is 9.59 Å². The highest BCUT2D eigenvalue weighted by Crippen LogP contribution is 2.10. The first kappa shape index (κ1) is 10.1.